The lowest BCUT2D eigenvalue weighted by molar-refractivity contribution is -0.126. The summed E-state index contributed by atoms with van der Waals surface area (Å²) in [5.41, 5.74) is 0. The van der Waals surface area contributed by atoms with Gasteiger partial charge in [-0.1, -0.05) is 19.8 Å². The van der Waals surface area contributed by atoms with Crippen LogP contribution in [-0.4, -0.2) is 41.5 Å². The van der Waals surface area contributed by atoms with Gasteiger partial charge >= 0.3 is 0 Å². The van der Waals surface area contributed by atoms with Gasteiger partial charge < -0.3 is 5.11 Å². The summed E-state index contributed by atoms with van der Waals surface area (Å²) in [6, 6.07) is 0.631. The van der Waals surface area contributed by atoms with Gasteiger partial charge in [-0.2, -0.15) is 0 Å². The Hall–Kier alpha value is -0.410. The molecule has 0 aromatic rings. The number of hydrogen-bond acceptors (Lipinski definition) is 3. The lowest BCUT2D eigenvalue weighted by atomic mass is 9.78. The maximum atomic E-state index is 12.0. The molecule has 0 aliphatic heterocycles. The highest BCUT2D eigenvalue weighted by Crippen LogP contribution is 2.31. The molecule has 0 aromatic carbocycles. The van der Waals surface area contributed by atoms with Gasteiger partial charge in [0.05, 0.1) is 6.61 Å². The topological polar surface area (TPSA) is 40.5 Å². The molecule has 1 N–H and O–H groups in total. The van der Waals surface area contributed by atoms with Crippen molar-refractivity contribution < 1.29 is 9.90 Å². The van der Waals surface area contributed by atoms with Crippen LogP contribution in [0.2, 0.25) is 0 Å². The Labute approximate surface area is 111 Å². The van der Waals surface area contributed by atoms with Crippen LogP contribution in [0.5, 0.6) is 0 Å². The molecule has 0 saturated heterocycles. The summed E-state index contributed by atoms with van der Waals surface area (Å²) in [5.74, 6) is 1.43. The summed E-state index contributed by atoms with van der Waals surface area (Å²) in [6.45, 7) is 4.08. The minimum Gasteiger partial charge on any atom is -0.395 e. The van der Waals surface area contributed by atoms with Crippen molar-refractivity contribution in [2.75, 3.05) is 19.7 Å². The fourth-order valence-electron chi connectivity index (χ4n) is 3.34. The van der Waals surface area contributed by atoms with Crippen LogP contribution in [0.1, 0.15) is 51.9 Å². The standard InChI is InChI=1S/C15H27NO2/c1-2-12-6-7-15(18)13(10-12)11-16(8-9-17)14-4-3-5-14/h12-14,17H,2-11H2,1H3. The van der Waals surface area contributed by atoms with E-state index in [0.717, 1.165) is 38.3 Å². The van der Waals surface area contributed by atoms with E-state index in [1.807, 2.05) is 0 Å². The average Bonchev–Trinajstić information content (AvgIpc) is 2.30. The van der Waals surface area contributed by atoms with E-state index >= 15 is 0 Å². The summed E-state index contributed by atoms with van der Waals surface area (Å²) in [4.78, 5) is 14.4. The lowest BCUT2D eigenvalue weighted by Gasteiger charge is -2.40. The van der Waals surface area contributed by atoms with Crippen molar-refractivity contribution in [2.45, 2.75) is 57.9 Å². The first-order valence-corrected chi connectivity index (χ1v) is 7.62. The molecule has 2 atom stereocenters. The molecule has 0 amide bonds. The van der Waals surface area contributed by atoms with E-state index < -0.39 is 0 Å². The average molecular weight is 253 g/mol. The van der Waals surface area contributed by atoms with E-state index in [-0.39, 0.29) is 12.5 Å². The van der Waals surface area contributed by atoms with Crippen LogP contribution in [0.15, 0.2) is 0 Å². The van der Waals surface area contributed by atoms with Crippen molar-refractivity contribution in [3.63, 3.8) is 0 Å². The molecular formula is C15H27NO2. The van der Waals surface area contributed by atoms with Gasteiger partial charge in [-0.3, -0.25) is 9.69 Å². The molecule has 2 aliphatic carbocycles. The van der Waals surface area contributed by atoms with E-state index in [1.54, 1.807) is 0 Å². The zero-order valence-electron chi connectivity index (χ0n) is 11.6. The zero-order chi connectivity index (χ0) is 13.0. The maximum absolute atomic E-state index is 12.0. The molecule has 0 aromatic heterocycles. The van der Waals surface area contributed by atoms with E-state index in [4.69, 9.17) is 0 Å². The number of Topliss-reactive ketones (excluding diaryl/α,β-unsaturated/α-hetero) is 1. The van der Waals surface area contributed by atoms with Crippen molar-refractivity contribution in [3.05, 3.63) is 0 Å². The number of nitrogens with zero attached hydrogens (tertiary/aromatic N) is 1. The first kappa shape index (κ1) is 14.0. The van der Waals surface area contributed by atoms with Gasteiger partial charge in [0, 0.05) is 31.5 Å². The molecule has 2 saturated carbocycles. The molecule has 0 spiro atoms. The van der Waals surface area contributed by atoms with Crippen LogP contribution < -0.4 is 0 Å². The maximum Gasteiger partial charge on any atom is 0.137 e. The van der Waals surface area contributed by atoms with E-state index in [1.165, 1.54) is 25.7 Å². The Bertz CT molecular complexity index is 276. The van der Waals surface area contributed by atoms with Crippen LogP contribution >= 0.6 is 0 Å². The monoisotopic (exact) mass is 253 g/mol. The normalized spacial score (nSPS) is 29.6. The Morgan fingerprint density at radius 2 is 2.11 bits per heavy atom. The highest BCUT2D eigenvalue weighted by Gasteiger charge is 2.32. The minimum atomic E-state index is 0.217. The second-order valence-electron chi connectivity index (χ2n) is 6.02. The summed E-state index contributed by atoms with van der Waals surface area (Å²) in [6.07, 6.45) is 7.95. The summed E-state index contributed by atoms with van der Waals surface area (Å²) < 4.78 is 0. The van der Waals surface area contributed by atoms with Crippen molar-refractivity contribution in [3.8, 4) is 0 Å². The fraction of sp³-hybridized carbons (Fsp3) is 0.933. The number of aliphatic hydroxyl groups excluding tert-OH is 1. The van der Waals surface area contributed by atoms with Gasteiger partial charge in [0.2, 0.25) is 0 Å². The van der Waals surface area contributed by atoms with Gasteiger partial charge in [-0.15, -0.1) is 0 Å². The molecule has 0 heterocycles. The number of hydrogen-bond donors (Lipinski definition) is 1. The quantitative estimate of drug-likeness (QED) is 0.789. The number of aliphatic hydroxyl groups is 1. The predicted octanol–water partition coefficient (Wildman–Crippen LogP) is 2.23. The lowest BCUT2D eigenvalue weighted by Crippen LogP contribution is -2.46. The molecule has 0 radical (unpaired) electrons. The van der Waals surface area contributed by atoms with E-state index in [9.17, 15) is 9.90 Å². The first-order chi connectivity index (χ1) is 8.74. The Morgan fingerprint density at radius 3 is 2.67 bits per heavy atom. The van der Waals surface area contributed by atoms with Crippen molar-refractivity contribution in [2.24, 2.45) is 11.8 Å². The smallest absolute Gasteiger partial charge is 0.137 e. The zero-order valence-corrected chi connectivity index (χ0v) is 11.6. The summed E-state index contributed by atoms with van der Waals surface area (Å²) in [5, 5.41) is 9.17. The molecule has 104 valence electrons. The molecule has 0 bridgehead atoms. The van der Waals surface area contributed by atoms with Crippen LogP contribution in [-0.2, 0) is 4.79 Å². The predicted molar refractivity (Wildman–Crippen MR) is 72.4 cm³/mol. The fourth-order valence-corrected chi connectivity index (χ4v) is 3.34. The van der Waals surface area contributed by atoms with Crippen LogP contribution in [0.3, 0.4) is 0 Å². The minimum absolute atomic E-state index is 0.217. The van der Waals surface area contributed by atoms with Gasteiger partial charge in [-0.25, -0.2) is 0 Å². The Kier molecular flexibility index (Phi) is 5.19. The molecule has 18 heavy (non-hydrogen) atoms. The molecule has 2 rings (SSSR count). The van der Waals surface area contributed by atoms with Gasteiger partial charge in [-0.05, 0) is 31.6 Å². The Morgan fingerprint density at radius 1 is 1.33 bits per heavy atom. The van der Waals surface area contributed by atoms with Crippen LogP contribution in [0.4, 0.5) is 0 Å². The summed E-state index contributed by atoms with van der Waals surface area (Å²) in [7, 11) is 0. The molecule has 2 fully saturated rings. The highest BCUT2D eigenvalue weighted by molar-refractivity contribution is 5.81. The molecule has 3 nitrogen and oxygen atoms in total. The van der Waals surface area contributed by atoms with Crippen LogP contribution in [0.25, 0.3) is 0 Å². The second kappa shape index (κ2) is 6.67. The van der Waals surface area contributed by atoms with Gasteiger partial charge in [0.15, 0.2) is 0 Å². The molecule has 2 aliphatic rings. The third-order valence-electron chi connectivity index (χ3n) is 4.88. The van der Waals surface area contributed by atoms with Gasteiger partial charge in [0.25, 0.3) is 0 Å². The first-order valence-electron chi connectivity index (χ1n) is 7.62. The number of carbonyl (C=O) groups is 1. The molecule has 2 unspecified atom stereocenters. The number of ketones is 1. The highest BCUT2D eigenvalue weighted by atomic mass is 16.3. The third-order valence-corrected chi connectivity index (χ3v) is 4.88. The third kappa shape index (κ3) is 3.33. The van der Waals surface area contributed by atoms with Gasteiger partial charge in [0.1, 0.15) is 5.78 Å². The van der Waals surface area contributed by atoms with Crippen LogP contribution in [0, 0.1) is 11.8 Å². The Balaban J connectivity index is 1.89. The second-order valence-corrected chi connectivity index (χ2v) is 6.02. The van der Waals surface area contributed by atoms with Crippen molar-refractivity contribution in [1.82, 2.24) is 4.90 Å². The number of carbonyl (C=O) groups excluding carboxylic acids is 1. The van der Waals surface area contributed by atoms with Crippen molar-refractivity contribution >= 4 is 5.78 Å². The van der Waals surface area contributed by atoms with E-state index in [2.05, 4.69) is 11.8 Å². The van der Waals surface area contributed by atoms with Crippen molar-refractivity contribution in [1.29, 1.82) is 0 Å². The SMILES string of the molecule is CCC1CCC(=O)C(CN(CCO)C2CCC2)C1. The summed E-state index contributed by atoms with van der Waals surface area (Å²) >= 11 is 0. The number of rotatable bonds is 6. The molecule has 3 heteroatoms. The molecular weight excluding hydrogens is 226 g/mol. The largest absolute Gasteiger partial charge is 0.395 e. The van der Waals surface area contributed by atoms with E-state index in [0.29, 0.717) is 11.8 Å².